The smallest absolute Gasteiger partial charge is 0.191 e. The number of benzene rings is 1. The van der Waals surface area contributed by atoms with Gasteiger partial charge in [-0.15, -0.1) is 0 Å². The third kappa shape index (κ3) is 8.75. The molecule has 7 heteroatoms. The zero-order chi connectivity index (χ0) is 19.7. The number of nitrogens with one attached hydrogen (secondary N) is 2. The molecule has 1 aliphatic heterocycles. The molecule has 152 valence electrons. The fourth-order valence-electron chi connectivity index (χ4n) is 3.22. The molecule has 0 saturated carbocycles. The first kappa shape index (κ1) is 21.7. The summed E-state index contributed by atoms with van der Waals surface area (Å²) < 4.78 is 22.6. The molecule has 0 aromatic heterocycles. The van der Waals surface area contributed by atoms with E-state index in [0.717, 1.165) is 6.54 Å². The van der Waals surface area contributed by atoms with E-state index in [1.165, 1.54) is 49.7 Å². The van der Waals surface area contributed by atoms with Crippen molar-refractivity contribution in [2.45, 2.75) is 51.7 Å². The maximum Gasteiger partial charge on any atom is 0.191 e. The number of rotatable bonds is 8. The average Bonchev–Trinajstić information content (AvgIpc) is 2.65. The van der Waals surface area contributed by atoms with Crippen LogP contribution < -0.4 is 10.6 Å². The molecule has 0 radical (unpaired) electrons. The molecule has 1 unspecified atom stereocenters. The van der Waals surface area contributed by atoms with E-state index >= 15 is 0 Å². The van der Waals surface area contributed by atoms with Crippen LogP contribution in [0.5, 0.6) is 0 Å². The molecule has 1 aromatic rings. The quantitative estimate of drug-likeness (QED) is 0.522. The molecule has 0 amide bonds. The van der Waals surface area contributed by atoms with Crippen LogP contribution in [0.25, 0.3) is 0 Å². The summed E-state index contributed by atoms with van der Waals surface area (Å²) in [5.74, 6) is 0.866. The summed E-state index contributed by atoms with van der Waals surface area (Å²) in [4.78, 5) is 6.75. The molecule has 1 saturated heterocycles. The van der Waals surface area contributed by atoms with E-state index in [2.05, 4.69) is 44.8 Å². The van der Waals surface area contributed by atoms with Gasteiger partial charge in [-0.1, -0.05) is 30.7 Å². The van der Waals surface area contributed by atoms with Gasteiger partial charge in [0.15, 0.2) is 5.96 Å². The Morgan fingerprint density at radius 1 is 1.15 bits per heavy atom. The highest BCUT2D eigenvalue weighted by molar-refractivity contribution is 7.90. The van der Waals surface area contributed by atoms with E-state index in [-0.39, 0.29) is 11.8 Å². The molecule has 1 atom stereocenters. The van der Waals surface area contributed by atoms with Crippen LogP contribution in [-0.4, -0.2) is 57.5 Å². The lowest BCUT2D eigenvalue weighted by Crippen LogP contribution is -2.42. The molecule has 0 bridgehead atoms. The van der Waals surface area contributed by atoms with Crippen molar-refractivity contribution in [1.82, 2.24) is 15.5 Å². The number of hydrogen-bond donors (Lipinski definition) is 2. The third-order valence-electron chi connectivity index (χ3n) is 4.87. The Kier molecular flexibility index (Phi) is 8.57. The third-order valence-corrected chi connectivity index (χ3v) is 5.84. The van der Waals surface area contributed by atoms with Crippen LogP contribution in [0.4, 0.5) is 0 Å². The number of aliphatic imine (C=N–C) groups is 1. The fourth-order valence-corrected chi connectivity index (χ4v) is 4.00. The average molecular weight is 395 g/mol. The molecular formula is C20H34N4O2S. The lowest BCUT2D eigenvalue weighted by Gasteiger charge is -2.26. The fraction of sp³-hybridized carbons (Fsp3) is 0.650. The van der Waals surface area contributed by atoms with Gasteiger partial charge >= 0.3 is 0 Å². The highest BCUT2D eigenvalue weighted by Crippen LogP contribution is 2.13. The molecule has 2 N–H and O–H groups in total. The Bertz CT molecular complexity index is 695. The van der Waals surface area contributed by atoms with Crippen molar-refractivity contribution in [3.63, 3.8) is 0 Å². The van der Waals surface area contributed by atoms with Crippen LogP contribution in [0.3, 0.4) is 0 Å². The molecule has 1 aromatic carbocycles. The van der Waals surface area contributed by atoms with Crippen molar-refractivity contribution in [3.05, 3.63) is 35.4 Å². The minimum Gasteiger partial charge on any atom is -0.354 e. The van der Waals surface area contributed by atoms with Crippen molar-refractivity contribution in [2.75, 3.05) is 32.1 Å². The largest absolute Gasteiger partial charge is 0.354 e. The second-order valence-electron chi connectivity index (χ2n) is 7.54. The van der Waals surface area contributed by atoms with Gasteiger partial charge in [0.25, 0.3) is 0 Å². The molecular weight excluding hydrogens is 360 g/mol. The van der Waals surface area contributed by atoms with Crippen molar-refractivity contribution in [2.24, 2.45) is 4.99 Å². The Labute approximate surface area is 164 Å². The first-order valence-corrected chi connectivity index (χ1v) is 11.9. The highest BCUT2D eigenvalue weighted by atomic mass is 32.2. The van der Waals surface area contributed by atoms with Crippen LogP contribution in [0.1, 0.15) is 43.7 Å². The standard InChI is InChI=1S/C20H34N4O2S/c1-17(11-14-27(3,25)26)23-20(21-2)22-15-18-7-9-19(10-8-18)16-24-12-5-4-6-13-24/h7-10,17H,4-6,11-16H2,1-3H3,(H2,21,22,23). The molecule has 0 spiro atoms. The van der Waals surface area contributed by atoms with Gasteiger partial charge in [0, 0.05) is 32.4 Å². The van der Waals surface area contributed by atoms with Gasteiger partial charge in [-0.3, -0.25) is 9.89 Å². The summed E-state index contributed by atoms with van der Waals surface area (Å²) >= 11 is 0. The topological polar surface area (TPSA) is 73.8 Å². The predicted molar refractivity (Wildman–Crippen MR) is 113 cm³/mol. The number of likely N-dealkylation sites (tertiary alicyclic amines) is 1. The van der Waals surface area contributed by atoms with E-state index in [0.29, 0.717) is 18.9 Å². The SMILES string of the molecule is CN=C(NCc1ccc(CN2CCCCC2)cc1)NC(C)CCS(C)(=O)=O. The van der Waals surface area contributed by atoms with E-state index in [1.807, 2.05) is 6.92 Å². The Hall–Kier alpha value is -1.60. The van der Waals surface area contributed by atoms with Gasteiger partial charge in [-0.05, 0) is 50.4 Å². The number of piperidine rings is 1. The number of sulfone groups is 1. The zero-order valence-electron chi connectivity index (χ0n) is 16.9. The first-order chi connectivity index (χ1) is 12.9. The number of nitrogens with zero attached hydrogens (tertiary/aromatic N) is 2. The minimum absolute atomic E-state index is 0.0397. The highest BCUT2D eigenvalue weighted by Gasteiger charge is 2.11. The van der Waals surface area contributed by atoms with Crippen LogP contribution in [-0.2, 0) is 22.9 Å². The van der Waals surface area contributed by atoms with E-state index in [9.17, 15) is 8.42 Å². The van der Waals surface area contributed by atoms with Crippen molar-refractivity contribution < 1.29 is 8.42 Å². The van der Waals surface area contributed by atoms with Crippen molar-refractivity contribution >= 4 is 15.8 Å². The Morgan fingerprint density at radius 3 is 2.37 bits per heavy atom. The molecule has 6 nitrogen and oxygen atoms in total. The second-order valence-corrected chi connectivity index (χ2v) is 9.80. The Balaban J connectivity index is 1.76. The molecule has 2 rings (SSSR count). The van der Waals surface area contributed by atoms with Crippen LogP contribution in [0, 0.1) is 0 Å². The molecule has 1 heterocycles. The summed E-state index contributed by atoms with van der Waals surface area (Å²) in [7, 11) is -1.21. The van der Waals surface area contributed by atoms with Gasteiger partial charge < -0.3 is 10.6 Å². The van der Waals surface area contributed by atoms with Gasteiger partial charge in [-0.25, -0.2) is 8.42 Å². The van der Waals surface area contributed by atoms with Crippen molar-refractivity contribution in [3.8, 4) is 0 Å². The maximum atomic E-state index is 11.3. The maximum absolute atomic E-state index is 11.3. The summed E-state index contributed by atoms with van der Waals surface area (Å²) in [6, 6.07) is 8.77. The van der Waals surface area contributed by atoms with Gasteiger partial charge in [0.1, 0.15) is 9.84 Å². The lowest BCUT2D eigenvalue weighted by molar-refractivity contribution is 0.221. The summed E-state index contributed by atoms with van der Waals surface area (Å²) in [6.45, 7) is 6.11. The monoisotopic (exact) mass is 394 g/mol. The predicted octanol–water partition coefficient (Wildman–Crippen LogP) is 2.16. The normalized spacial score (nSPS) is 17.5. The first-order valence-electron chi connectivity index (χ1n) is 9.81. The summed E-state index contributed by atoms with van der Waals surface area (Å²) in [5.41, 5.74) is 2.56. The van der Waals surface area contributed by atoms with E-state index < -0.39 is 9.84 Å². The Morgan fingerprint density at radius 2 is 1.78 bits per heavy atom. The lowest BCUT2D eigenvalue weighted by atomic mass is 10.1. The van der Waals surface area contributed by atoms with Gasteiger partial charge in [0.2, 0.25) is 0 Å². The molecule has 0 aliphatic carbocycles. The molecule has 1 fully saturated rings. The van der Waals surface area contributed by atoms with Gasteiger partial charge in [-0.2, -0.15) is 0 Å². The van der Waals surface area contributed by atoms with E-state index in [1.54, 1.807) is 7.05 Å². The molecule has 1 aliphatic rings. The van der Waals surface area contributed by atoms with Crippen molar-refractivity contribution in [1.29, 1.82) is 0 Å². The zero-order valence-corrected chi connectivity index (χ0v) is 17.7. The van der Waals surface area contributed by atoms with Crippen LogP contribution in [0.2, 0.25) is 0 Å². The van der Waals surface area contributed by atoms with Gasteiger partial charge in [0.05, 0.1) is 5.75 Å². The number of guanidine groups is 1. The number of hydrogen-bond acceptors (Lipinski definition) is 4. The van der Waals surface area contributed by atoms with E-state index in [4.69, 9.17) is 0 Å². The molecule has 27 heavy (non-hydrogen) atoms. The summed E-state index contributed by atoms with van der Waals surface area (Å²) in [6.07, 6.45) is 5.82. The van der Waals surface area contributed by atoms with Crippen LogP contribution in [0.15, 0.2) is 29.3 Å². The summed E-state index contributed by atoms with van der Waals surface area (Å²) in [5, 5.41) is 6.54. The second kappa shape index (κ2) is 10.7. The van der Waals surface area contributed by atoms with Crippen LogP contribution >= 0.6 is 0 Å². The minimum atomic E-state index is -2.94.